The molecule has 6 bridgehead atoms. The van der Waals surface area contributed by atoms with E-state index in [1.807, 2.05) is 38.3 Å². The van der Waals surface area contributed by atoms with E-state index in [1.54, 1.807) is 27.5 Å². The van der Waals surface area contributed by atoms with Crippen LogP contribution in [0.1, 0.15) is 89.6 Å². The summed E-state index contributed by atoms with van der Waals surface area (Å²) in [4.78, 5) is 72.7. The van der Waals surface area contributed by atoms with Gasteiger partial charge in [-0.1, -0.05) is 27.7 Å². The number of cyclic esters (lactones) is 1. The molecule has 4 aromatic heterocycles. The molecule has 3 amide bonds. The van der Waals surface area contributed by atoms with Crippen molar-refractivity contribution in [3.63, 3.8) is 0 Å². The van der Waals surface area contributed by atoms with Crippen molar-refractivity contribution < 1.29 is 33.4 Å². The van der Waals surface area contributed by atoms with Crippen LogP contribution in [0.4, 0.5) is 0 Å². The molecule has 7 rings (SSSR count). The minimum atomic E-state index is -1.05. The number of hydrogen-bond donors (Lipinski definition) is 2. The molecule has 1 saturated carbocycles. The molecular formula is C45H60N8O7S. The van der Waals surface area contributed by atoms with Gasteiger partial charge in [0, 0.05) is 74.8 Å². The first-order chi connectivity index (χ1) is 29.1. The summed E-state index contributed by atoms with van der Waals surface area (Å²) >= 11 is 1.39. The van der Waals surface area contributed by atoms with Gasteiger partial charge in [-0.05, 0) is 76.1 Å². The predicted octanol–water partition coefficient (Wildman–Crippen LogP) is 5.51. The number of aryl methyl sites for hydroxylation is 1. The third kappa shape index (κ3) is 9.09. The van der Waals surface area contributed by atoms with Crippen molar-refractivity contribution in [2.75, 3.05) is 34.4 Å². The summed E-state index contributed by atoms with van der Waals surface area (Å²) in [5.41, 5.74) is 9.43. The van der Waals surface area contributed by atoms with Crippen LogP contribution in [0.25, 0.3) is 33.7 Å². The predicted molar refractivity (Wildman–Crippen MR) is 232 cm³/mol. The summed E-state index contributed by atoms with van der Waals surface area (Å²) < 4.78 is 19.5. The molecule has 2 fully saturated rings. The van der Waals surface area contributed by atoms with Crippen LogP contribution in [0.5, 0.6) is 0 Å². The number of fused-ring (bicyclic) bond motifs is 6. The van der Waals surface area contributed by atoms with E-state index in [4.69, 9.17) is 29.2 Å². The van der Waals surface area contributed by atoms with E-state index in [0.29, 0.717) is 61.6 Å². The van der Waals surface area contributed by atoms with Crippen molar-refractivity contribution >= 4 is 46.1 Å². The van der Waals surface area contributed by atoms with Gasteiger partial charge in [0.1, 0.15) is 18.1 Å². The zero-order valence-corrected chi connectivity index (χ0v) is 37.6. The zero-order chi connectivity index (χ0) is 43.7. The van der Waals surface area contributed by atoms with Crippen molar-refractivity contribution in [2.24, 2.45) is 17.3 Å². The molecule has 0 aromatic carbocycles. The Bertz CT molecular complexity index is 2270. The highest BCUT2D eigenvalue weighted by Gasteiger charge is 2.42. The molecule has 16 heteroatoms. The number of thiazole rings is 1. The number of nitrogens with one attached hydrogen (secondary N) is 2. The first-order valence-corrected chi connectivity index (χ1v) is 22.3. The summed E-state index contributed by atoms with van der Waals surface area (Å²) in [6, 6.07) is 5.40. The highest BCUT2D eigenvalue weighted by Crippen LogP contribution is 2.41. The van der Waals surface area contributed by atoms with Crippen molar-refractivity contribution in [1.82, 2.24) is 40.2 Å². The lowest BCUT2D eigenvalue weighted by atomic mass is 9.81. The zero-order valence-electron chi connectivity index (χ0n) is 36.8. The quantitative estimate of drug-likeness (QED) is 0.193. The van der Waals surface area contributed by atoms with Crippen LogP contribution in [-0.4, -0.2) is 112 Å². The number of ether oxygens (including phenoxy) is 3. The smallest absolute Gasteiger partial charge is 0.324 e. The summed E-state index contributed by atoms with van der Waals surface area (Å²) in [5, 5.41) is 7.00. The number of carbonyl (C=O) groups excluding carboxylic acids is 4. The fourth-order valence-corrected chi connectivity index (χ4v) is 9.79. The Labute approximate surface area is 361 Å². The van der Waals surface area contributed by atoms with E-state index in [0.717, 1.165) is 33.5 Å². The van der Waals surface area contributed by atoms with E-state index in [1.165, 1.54) is 21.2 Å². The molecule has 15 nitrogen and oxygen atoms in total. The molecule has 0 unspecified atom stereocenters. The number of hydrogen-bond acceptors (Lipinski definition) is 12. The van der Waals surface area contributed by atoms with Crippen LogP contribution in [0.2, 0.25) is 0 Å². The third-order valence-electron chi connectivity index (χ3n) is 12.4. The molecule has 2 aliphatic heterocycles. The van der Waals surface area contributed by atoms with Gasteiger partial charge in [0.2, 0.25) is 11.8 Å². The maximum atomic E-state index is 14.5. The number of aromatic nitrogens is 4. The van der Waals surface area contributed by atoms with E-state index in [2.05, 4.69) is 48.2 Å². The number of carbonyl (C=O) groups is 4. The maximum Gasteiger partial charge on any atom is 0.324 e. The van der Waals surface area contributed by atoms with E-state index in [-0.39, 0.29) is 43.0 Å². The van der Waals surface area contributed by atoms with Gasteiger partial charge in [-0.3, -0.25) is 29.2 Å². The molecule has 0 radical (unpaired) electrons. The normalized spacial score (nSPS) is 22.9. The largest absolute Gasteiger partial charge is 0.464 e. The molecule has 61 heavy (non-hydrogen) atoms. The Morgan fingerprint density at radius 1 is 1.11 bits per heavy atom. The monoisotopic (exact) mass is 856 g/mol. The van der Waals surface area contributed by atoms with Crippen molar-refractivity contribution in [1.29, 1.82) is 0 Å². The molecule has 1 saturated heterocycles. The fraction of sp³-hybridized carbons (Fsp3) is 0.578. The standard InChI is InChI=1S/C45H60N8O7S/c1-10-52-35-16-15-31-34-23-61-36(47-34)21-33(49-41(54)39(25(2)3)51(7)42(55)27-19-28(20-27)59-9)43(56)53-18-12-14-32(50-53)44(57)60-24-45(5,6)22-30(38(35)48-31)40(52)29-13-11-17-46-37(29)26(4)58-8/h11,13,15-17,23,25-28,32-33,39,50H,10,12,14,18-22,24H2,1-9H3,(H,49,54)/t26-,27?,28?,32-,33-,39-/m0/s1. The lowest BCUT2D eigenvalue weighted by Crippen LogP contribution is -2.62. The second kappa shape index (κ2) is 18.3. The van der Waals surface area contributed by atoms with Crippen molar-refractivity contribution in [3.8, 4) is 22.6 Å². The molecule has 4 atom stereocenters. The lowest BCUT2D eigenvalue weighted by molar-refractivity contribution is -0.155. The number of hydrazine groups is 1. The number of rotatable bonds is 10. The first kappa shape index (κ1) is 44.3. The number of nitrogens with zero attached hydrogens (tertiary/aromatic N) is 6. The van der Waals surface area contributed by atoms with E-state index < -0.39 is 41.3 Å². The van der Waals surface area contributed by atoms with Gasteiger partial charge in [0.15, 0.2) is 0 Å². The molecule has 328 valence electrons. The molecule has 1 aliphatic carbocycles. The van der Waals surface area contributed by atoms with Crippen LogP contribution >= 0.6 is 11.3 Å². The van der Waals surface area contributed by atoms with Crippen molar-refractivity contribution in [2.45, 2.75) is 117 Å². The molecule has 0 spiro atoms. The van der Waals surface area contributed by atoms with E-state index >= 15 is 0 Å². The average molecular weight is 857 g/mol. The Balaban J connectivity index is 1.29. The summed E-state index contributed by atoms with van der Waals surface area (Å²) in [5.74, 6) is -1.88. The third-order valence-corrected chi connectivity index (χ3v) is 13.3. The van der Waals surface area contributed by atoms with Gasteiger partial charge in [0.25, 0.3) is 5.91 Å². The Morgan fingerprint density at radius 3 is 2.59 bits per heavy atom. The van der Waals surface area contributed by atoms with Gasteiger partial charge in [-0.15, -0.1) is 11.3 Å². The average Bonchev–Trinajstić information content (AvgIpc) is 3.82. The number of likely N-dealkylation sites (N-methyl/N-ethyl adjacent to an activating group) is 1. The highest BCUT2D eigenvalue weighted by atomic mass is 32.1. The van der Waals surface area contributed by atoms with Crippen LogP contribution in [0.15, 0.2) is 35.8 Å². The highest BCUT2D eigenvalue weighted by molar-refractivity contribution is 7.10. The Morgan fingerprint density at radius 2 is 1.89 bits per heavy atom. The number of methoxy groups -OCH3 is 2. The number of amides is 3. The van der Waals surface area contributed by atoms with Crippen LogP contribution in [0, 0.1) is 17.3 Å². The van der Waals surface area contributed by atoms with Gasteiger partial charge in [-0.25, -0.2) is 15.4 Å². The minimum absolute atomic E-state index is 0.0328. The lowest BCUT2D eigenvalue weighted by Gasteiger charge is -2.39. The first-order valence-electron chi connectivity index (χ1n) is 21.4. The van der Waals surface area contributed by atoms with Crippen molar-refractivity contribution in [3.05, 3.63) is 52.1 Å². The molecule has 3 aliphatic rings. The molecule has 4 aromatic rings. The van der Waals surface area contributed by atoms with Gasteiger partial charge >= 0.3 is 5.97 Å². The topological polar surface area (TPSA) is 170 Å². The molecular weight excluding hydrogens is 797 g/mol. The van der Waals surface area contributed by atoms with Crippen LogP contribution in [-0.2, 0) is 52.8 Å². The van der Waals surface area contributed by atoms with Gasteiger partial charge in [0.05, 0.1) is 57.6 Å². The van der Waals surface area contributed by atoms with Gasteiger partial charge < -0.3 is 29.0 Å². The number of esters is 1. The Hall–Kier alpha value is -4.77. The summed E-state index contributed by atoms with van der Waals surface area (Å²) in [6.07, 6.45) is 4.41. The fourth-order valence-electron chi connectivity index (χ4n) is 8.95. The SMILES string of the molecule is CCn1c(-c2cccnc2[C@H](C)OC)c2c3nc(ccc31)-c1csc(n1)C[C@H](NC(=O)[C@H](C(C)C)N(C)C(=O)C1CC(OC)C1)C(=O)N1CCC[C@H](N1)C(=O)OCC(C)(C)C2. The second-order valence-corrected chi connectivity index (χ2v) is 18.7. The summed E-state index contributed by atoms with van der Waals surface area (Å²) in [6.45, 7) is 13.1. The van der Waals surface area contributed by atoms with Gasteiger partial charge in [-0.2, -0.15) is 0 Å². The molecule has 6 heterocycles. The van der Waals surface area contributed by atoms with E-state index in [9.17, 15) is 19.2 Å². The van der Waals surface area contributed by atoms with Crippen LogP contribution < -0.4 is 10.7 Å². The second-order valence-electron chi connectivity index (χ2n) is 17.8. The van der Waals surface area contributed by atoms with Crippen LogP contribution in [0.3, 0.4) is 0 Å². The number of pyridine rings is 2. The maximum absolute atomic E-state index is 14.5. The molecule has 2 N–H and O–H groups in total. The summed E-state index contributed by atoms with van der Waals surface area (Å²) in [7, 11) is 4.96. The Kier molecular flexibility index (Phi) is 13.3. The minimum Gasteiger partial charge on any atom is -0.464 e.